The molecule has 0 saturated heterocycles. The molecular weight excluding hydrogens is 229 g/mol. The van der Waals surface area contributed by atoms with Crippen molar-refractivity contribution in [2.24, 2.45) is 11.7 Å². The largest absolute Gasteiger partial charge is 0.353 e. The molecule has 2 rings (SSSR count). The van der Waals surface area contributed by atoms with Gasteiger partial charge in [-0.1, -0.05) is 13.8 Å². The molecule has 0 unspecified atom stereocenters. The van der Waals surface area contributed by atoms with E-state index in [1.54, 1.807) is 0 Å². The minimum atomic E-state index is -0.307. The second-order valence-corrected chi connectivity index (χ2v) is 5.45. The fourth-order valence-electron chi connectivity index (χ4n) is 2.13. The van der Waals surface area contributed by atoms with Gasteiger partial charge in [-0.3, -0.25) is 0 Å². The van der Waals surface area contributed by atoms with Gasteiger partial charge >= 0.3 is 0 Å². The average molecular weight is 251 g/mol. The van der Waals surface area contributed by atoms with Crippen molar-refractivity contribution in [1.29, 1.82) is 0 Å². The van der Waals surface area contributed by atoms with Crippen LogP contribution >= 0.6 is 0 Å². The third-order valence-electron chi connectivity index (χ3n) is 3.34. The number of hydrogen-bond donors (Lipinski definition) is 1. The van der Waals surface area contributed by atoms with E-state index in [-0.39, 0.29) is 5.82 Å². The lowest BCUT2D eigenvalue weighted by molar-refractivity contribution is 0.565. The summed E-state index contributed by atoms with van der Waals surface area (Å²) in [5.74, 6) is 1.23. The van der Waals surface area contributed by atoms with Gasteiger partial charge in [0.05, 0.1) is 6.20 Å². The van der Waals surface area contributed by atoms with Crippen LogP contribution in [0, 0.1) is 11.7 Å². The van der Waals surface area contributed by atoms with E-state index in [1.165, 1.54) is 25.1 Å². The molecular formula is C14H22FN3. The third kappa shape index (κ3) is 3.19. The smallest absolute Gasteiger partial charge is 0.141 e. The molecule has 3 nitrogen and oxygen atoms in total. The zero-order valence-corrected chi connectivity index (χ0v) is 11.2. The zero-order chi connectivity index (χ0) is 13.1. The van der Waals surface area contributed by atoms with Crippen LogP contribution in [0.1, 0.15) is 38.7 Å². The monoisotopic (exact) mass is 251 g/mol. The summed E-state index contributed by atoms with van der Waals surface area (Å²) in [5, 5.41) is 0. The van der Waals surface area contributed by atoms with Crippen molar-refractivity contribution in [2.45, 2.75) is 45.7 Å². The molecule has 4 heteroatoms. The highest BCUT2D eigenvalue weighted by Gasteiger charge is 2.31. The van der Waals surface area contributed by atoms with Gasteiger partial charge in [-0.05, 0) is 31.2 Å². The Bertz CT molecular complexity index is 402. The summed E-state index contributed by atoms with van der Waals surface area (Å²) in [7, 11) is 0. The van der Waals surface area contributed by atoms with Gasteiger partial charge in [0.1, 0.15) is 11.6 Å². The molecule has 1 aromatic rings. The number of anilines is 1. The molecule has 0 radical (unpaired) electrons. The molecule has 0 bridgehead atoms. The predicted molar refractivity (Wildman–Crippen MR) is 71.9 cm³/mol. The van der Waals surface area contributed by atoms with Crippen LogP contribution in [0.5, 0.6) is 0 Å². The third-order valence-corrected chi connectivity index (χ3v) is 3.34. The molecule has 0 spiro atoms. The lowest BCUT2D eigenvalue weighted by atomic mass is 10.1. The van der Waals surface area contributed by atoms with E-state index < -0.39 is 0 Å². The van der Waals surface area contributed by atoms with Gasteiger partial charge < -0.3 is 10.6 Å². The van der Waals surface area contributed by atoms with Crippen molar-refractivity contribution in [2.75, 3.05) is 11.4 Å². The number of halogens is 1. The maximum atomic E-state index is 13.2. The van der Waals surface area contributed by atoms with Gasteiger partial charge in [0.2, 0.25) is 0 Å². The van der Waals surface area contributed by atoms with Gasteiger partial charge in [0, 0.05) is 24.7 Å². The van der Waals surface area contributed by atoms with Gasteiger partial charge in [-0.15, -0.1) is 0 Å². The molecule has 100 valence electrons. The van der Waals surface area contributed by atoms with Gasteiger partial charge in [-0.2, -0.15) is 0 Å². The molecule has 1 aromatic heterocycles. The standard InChI is InChI=1S/C14H22FN3/c1-10(2)5-6-18(13-3-4-13)14-11(8-16)7-12(15)9-17-14/h7,9-10,13H,3-6,8,16H2,1-2H3. The van der Waals surface area contributed by atoms with Crippen LogP contribution in [0.25, 0.3) is 0 Å². The second-order valence-electron chi connectivity index (χ2n) is 5.45. The molecule has 0 aliphatic heterocycles. The molecule has 1 fully saturated rings. The molecule has 1 saturated carbocycles. The normalized spacial score (nSPS) is 15.2. The van der Waals surface area contributed by atoms with Crippen LogP contribution < -0.4 is 10.6 Å². The van der Waals surface area contributed by atoms with Crippen molar-refractivity contribution in [3.05, 3.63) is 23.6 Å². The van der Waals surface area contributed by atoms with Crippen molar-refractivity contribution in [3.8, 4) is 0 Å². The van der Waals surface area contributed by atoms with Crippen LogP contribution in [0.2, 0.25) is 0 Å². The highest BCUT2D eigenvalue weighted by Crippen LogP contribution is 2.33. The van der Waals surface area contributed by atoms with Crippen molar-refractivity contribution < 1.29 is 4.39 Å². The van der Waals surface area contributed by atoms with E-state index in [4.69, 9.17) is 5.73 Å². The topological polar surface area (TPSA) is 42.2 Å². The molecule has 1 aliphatic carbocycles. The van der Waals surface area contributed by atoms with E-state index >= 15 is 0 Å². The van der Waals surface area contributed by atoms with E-state index in [0.717, 1.165) is 24.3 Å². The highest BCUT2D eigenvalue weighted by molar-refractivity contribution is 5.49. The SMILES string of the molecule is CC(C)CCN(c1ncc(F)cc1CN)C1CC1. The van der Waals surface area contributed by atoms with Gasteiger partial charge in [0.25, 0.3) is 0 Å². The molecule has 0 amide bonds. The molecule has 18 heavy (non-hydrogen) atoms. The maximum Gasteiger partial charge on any atom is 0.141 e. The average Bonchev–Trinajstić information content (AvgIpc) is 3.15. The quantitative estimate of drug-likeness (QED) is 0.845. The molecule has 1 heterocycles. The van der Waals surface area contributed by atoms with Gasteiger partial charge in [0.15, 0.2) is 0 Å². The van der Waals surface area contributed by atoms with Crippen LogP contribution in [0.15, 0.2) is 12.3 Å². The number of aromatic nitrogens is 1. The lowest BCUT2D eigenvalue weighted by Gasteiger charge is -2.26. The highest BCUT2D eigenvalue weighted by atomic mass is 19.1. The Morgan fingerprint density at radius 3 is 2.78 bits per heavy atom. The minimum absolute atomic E-state index is 0.307. The van der Waals surface area contributed by atoms with E-state index in [0.29, 0.717) is 18.5 Å². The summed E-state index contributed by atoms with van der Waals surface area (Å²) in [4.78, 5) is 6.57. The first-order valence-electron chi connectivity index (χ1n) is 6.73. The summed E-state index contributed by atoms with van der Waals surface area (Å²) in [6, 6.07) is 2.08. The Labute approximate surface area is 108 Å². The Kier molecular flexibility index (Phi) is 4.17. The van der Waals surface area contributed by atoms with Crippen LogP contribution in [0.4, 0.5) is 10.2 Å². The molecule has 1 aliphatic rings. The fourth-order valence-corrected chi connectivity index (χ4v) is 2.13. The number of nitrogens with two attached hydrogens (primary N) is 1. The fraction of sp³-hybridized carbons (Fsp3) is 0.643. The lowest BCUT2D eigenvalue weighted by Crippen LogP contribution is -2.30. The Hall–Kier alpha value is -1.16. The summed E-state index contributed by atoms with van der Waals surface area (Å²) in [5.41, 5.74) is 6.51. The summed E-state index contributed by atoms with van der Waals surface area (Å²) >= 11 is 0. The van der Waals surface area contributed by atoms with Crippen molar-refractivity contribution in [3.63, 3.8) is 0 Å². The van der Waals surface area contributed by atoms with Crippen LogP contribution in [-0.4, -0.2) is 17.6 Å². The summed E-state index contributed by atoms with van der Waals surface area (Å²) in [6.45, 7) is 5.75. The summed E-state index contributed by atoms with van der Waals surface area (Å²) < 4.78 is 13.2. The molecule has 2 N–H and O–H groups in total. The van der Waals surface area contributed by atoms with Crippen LogP contribution in [0.3, 0.4) is 0 Å². The zero-order valence-electron chi connectivity index (χ0n) is 11.2. The minimum Gasteiger partial charge on any atom is -0.353 e. The summed E-state index contributed by atoms with van der Waals surface area (Å²) in [6.07, 6.45) is 4.83. The molecule has 0 atom stereocenters. The number of hydrogen-bond acceptors (Lipinski definition) is 3. The number of rotatable bonds is 6. The first-order chi connectivity index (χ1) is 8.61. The number of pyridine rings is 1. The predicted octanol–water partition coefficient (Wildman–Crippen LogP) is 2.69. The second kappa shape index (κ2) is 5.65. The Balaban J connectivity index is 2.19. The van der Waals surface area contributed by atoms with E-state index in [2.05, 4.69) is 23.7 Å². The first-order valence-corrected chi connectivity index (χ1v) is 6.73. The van der Waals surface area contributed by atoms with E-state index in [1.807, 2.05) is 0 Å². The molecule has 0 aromatic carbocycles. The Morgan fingerprint density at radius 2 is 2.22 bits per heavy atom. The first kappa shape index (κ1) is 13.3. The number of nitrogens with zero attached hydrogens (tertiary/aromatic N) is 2. The maximum absolute atomic E-state index is 13.2. The Morgan fingerprint density at radius 1 is 1.50 bits per heavy atom. The van der Waals surface area contributed by atoms with Crippen molar-refractivity contribution >= 4 is 5.82 Å². The van der Waals surface area contributed by atoms with Crippen molar-refractivity contribution in [1.82, 2.24) is 4.98 Å². The van der Waals surface area contributed by atoms with Crippen LogP contribution in [-0.2, 0) is 6.54 Å². The van der Waals surface area contributed by atoms with Gasteiger partial charge in [-0.25, -0.2) is 9.37 Å². The van der Waals surface area contributed by atoms with E-state index in [9.17, 15) is 4.39 Å².